The number of rotatable bonds is 4. The van der Waals surface area contributed by atoms with E-state index in [4.69, 9.17) is 11.6 Å². The number of pyridine rings is 1. The van der Waals surface area contributed by atoms with Gasteiger partial charge < -0.3 is 9.47 Å². The van der Waals surface area contributed by atoms with Crippen molar-refractivity contribution in [3.8, 4) is 0 Å². The third-order valence-electron chi connectivity index (χ3n) is 4.49. The van der Waals surface area contributed by atoms with Crippen molar-refractivity contribution in [2.24, 2.45) is 5.92 Å². The van der Waals surface area contributed by atoms with Crippen molar-refractivity contribution in [2.75, 3.05) is 20.1 Å². The van der Waals surface area contributed by atoms with Crippen LogP contribution in [0.4, 0.5) is 0 Å². The number of nitrogens with zero attached hydrogens (tertiary/aromatic N) is 4. The zero-order chi connectivity index (χ0) is 14.8. The Kier molecular flexibility index (Phi) is 4.45. The van der Waals surface area contributed by atoms with Crippen LogP contribution in [0.15, 0.2) is 18.3 Å². The summed E-state index contributed by atoms with van der Waals surface area (Å²) in [6, 6.07) is 3.94. The molecule has 0 aliphatic carbocycles. The first-order valence-electron chi connectivity index (χ1n) is 7.79. The molecule has 3 heterocycles. The molecule has 1 saturated heterocycles. The van der Waals surface area contributed by atoms with Crippen LogP contribution in [-0.4, -0.2) is 39.6 Å². The van der Waals surface area contributed by atoms with E-state index in [0.717, 1.165) is 29.5 Å². The molecule has 21 heavy (non-hydrogen) atoms. The summed E-state index contributed by atoms with van der Waals surface area (Å²) in [5.41, 5.74) is 1.91. The summed E-state index contributed by atoms with van der Waals surface area (Å²) in [6.45, 7) is 5.38. The van der Waals surface area contributed by atoms with Gasteiger partial charge >= 0.3 is 0 Å². The van der Waals surface area contributed by atoms with Crippen molar-refractivity contribution in [1.82, 2.24) is 19.4 Å². The largest absolute Gasteiger partial charge is 0.311 e. The van der Waals surface area contributed by atoms with Gasteiger partial charge in [0.1, 0.15) is 11.3 Å². The number of piperidine rings is 1. The lowest BCUT2D eigenvalue weighted by Crippen LogP contribution is -2.30. The molecule has 0 amide bonds. The predicted molar refractivity (Wildman–Crippen MR) is 86.6 cm³/mol. The Morgan fingerprint density at radius 3 is 2.86 bits per heavy atom. The van der Waals surface area contributed by atoms with E-state index in [0.29, 0.717) is 0 Å². The quantitative estimate of drug-likeness (QED) is 0.811. The molecule has 0 N–H and O–H groups in total. The van der Waals surface area contributed by atoms with Crippen molar-refractivity contribution in [2.45, 2.75) is 38.1 Å². The van der Waals surface area contributed by atoms with Crippen LogP contribution < -0.4 is 0 Å². The zero-order valence-corrected chi connectivity index (χ0v) is 13.6. The van der Waals surface area contributed by atoms with E-state index in [1.54, 1.807) is 0 Å². The number of imidazole rings is 1. The topological polar surface area (TPSA) is 34.0 Å². The van der Waals surface area contributed by atoms with Gasteiger partial charge in [-0.05, 0) is 64.4 Å². The Labute approximate surface area is 131 Å². The van der Waals surface area contributed by atoms with Gasteiger partial charge in [-0.15, -0.1) is 11.6 Å². The fourth-order valence-electron chi connectivity index (χ4n) is 3.16. The highest BCUT2D eigenvalue weighted by Crippen LogP contribution is 2.26. The number of aryl methyl sites for hydroxylation is 1. The number of halogens is 1. The zero-order valence-electron chi connectivity index (χ0n) is 12.8. The highest BCUT2D eigenvalue weighted by atomic mass is 35.5. The van der Waals surface area contributed by atoms with Gasteiger partial charge in [-0.2, -0.15) is 0 Å². The molecule has 1 unspecified atom stereocenters. The van der Waals surface area contributed by atoms with Crippen LogP contribution in [-0.2, 0) is 6.54 Å². The molecule has 0 spiro atoms. The maximum absolute atomic E-state index is 6.30. The van der Waals surface area contributed by atoms with Crippen molar-refractivity contribution in [1.29, 1.82) is 0 Å². The normalized spacial score (nSPS) is 19.2. The van der Waals surface area contributed by atoms with Crippen molar-refractivity contribution >= 4 is 22.8 Å². The lowest BCUT2D eigenvalue weighted by molar-refractivity contribution is 0.208. The molecule has 0 aromatic carbocycles. The second-order valence-corrected chi connectivity index (χ2v) is 6.77. The SMILES string of the molecule is CC(Cl)c1nc2cccnc2n1CCC1CCN(C)CC1. The molecule has 1 atom stereocenters. The molecule has 4 nitrogen and oxygen atoms in total. The van der Waals surface area contributed by atoms with E-state index >= 15 is 0 Å². The molecule has 2 aromatic rings. The van der Waals surface area contributed by atoms with E-state index in [9.17, 15) is 0 Å². The van der Waals surface area contributed by atoms with Crippen LogP contribution in [0.2, 0.25) is 0 Å². The number of hydrogen-bond donors (Lipinski definition) is 0. The molecule has 1 aliphatic rings. The van der Waals surface area contributed by atoms with Crippen molar-refractivity contribution in [3.05, 3.63) is 24.2 Å². The molecule has 1 aliphatic heterocycles. The third-order valence-corrected chi connectivity index (χ3v) is 4.68. The molecule has 0 bridgehead atoms. The van der Waals surface area contributed by atoms with E-state index in [1.807, 2.05) is 25.3 Å². The molecule has 5 heteroatoms. The first-order chi connectivity index (χ1) is 10.1. The smallest absolute Gasteiger partial charge is 0.160 e. The van der Waals surface area contributed by atoms with Crippen LogP contribution >= 0.6 is 11.6 Å². The van der Waals surface area contributed by atoms with E-state index < -0.39 is 0 Å². The summed E-state index contributed by atoms with van der Waals surface area (Å²) >= 11 is 6.30. The van der Waals surface area contributed by atoms with Gasteiger partial charge in [-0.3, -0.25) is 0 Å². The molecule has 0 saturated carbocycles. The average molecular weight is 307 g/mol. The number of aromatic nitrogens is 3. The number of fused-ring (bicyclic) bond motifs is 1. The van der Waals surface area contributed by atoms with Crippen LogP contribution in [0.1, 0.15) is 37.4 Å². The Hall–Kier alpha value is -1.13. The summed E-state index contributed by atoms with van der Waals surface area (Å²) in [6.07, 6.45) is 5.61. The Morgan fingerprint density at radius 1 is 1.38 bits per heavy atom. The number of hydrogen-bond acceptors (Lipinski definition) is 3. The number of alkyl halides is 1. The van der Waals surface area contributed by atoms with E-state index in [2.05, 4.69) is 26.5 Å². The Morgan fingerprint density at radius 2 is 2.14 bits per heavy atom. The minimum absolute atomic E-state index is 0.0864. The molecule has 2 aromatic heterocycles. The van der Waals surface area contributed by atoms with Crippen LogP contribution in [0.25, 0.3) is 11.2 Å². The Bertz CT molecular complexity index is 599. The fourth-order valence-corrected chi connectivity index (χ4v) is 3.33. The molecule has 114 valence electrons. The maximum atomic E-state index is 6.30. The van der Waals surface area contributed by atoms with Gasteiger partial charge in [0.05, 0.1) is 5.38 Å². The average Bonchev–Trinajstić information content (AvgIpc) is 2.86. The first-order valence-corrected chi connectivity index (χ1v) is 8.22. The monoisotopic (exact) mass is 306 g/mol. The second-order valence-electron chi connectivity index (χ2n) is 6.12. The lowest BCUT2D eigenvalue weighted by atomic mass is 9.94. The summed E-state index contributed by atoms with van der Waals surface area (Å²) in [7, 11) is 2.21. The summed E-state index contributed by atoms with van der Waals surface area (Å²) in [5, 5.41) is -0.0864. The Balaban J connectivity index is 1.77. The van der Waals surface area contributed by atoms with E-state index in [-0.39, 0.29) is 5.38 Å². The minimum atomic E-state index is -0.0864. The second kappa shape index (κ2) is 6.32. The van der Waals surface area contributed by atoms with E-state index in [1.165, 1.54) is 32.4 Å². The first kappa shape index (κ1) is 14.8. The highest BCUT2D eigenvalue weighted by Gasteiger charge is 2.19. The molecular formula is C16H23ClN4. The van der Waals surface area contributed by atoms with Crippen LogP contribution in [0.5, 0.6) is 0 Å². The van der Waals surface area contributed by atoms with Gasteiger partial charge in [0, 0.05) is 12.7 Å². The van der Waals surface area contributed by atoms with Gasteiger partial charge in [0.15, 0.2) is 5.65 Å². The fraction of sp³-hybridized carbons (Fsp3) is 0.625. The van der Waals surface area contributed by atoms with Crippen LogP contribution in [0, 0.1) is 5.92 Å². The summed E-state index contributed by atoms with van der Waals surface area (Å²) in [4.78, 5) is 11.6. The minimum Gasteiger partial charge on any atom is -0.311 e. The highest BCUT2D eigenvalue weighted by molar-refractivity contribution is 6.20. The van der Waals surface area contributed by atoms with Gasteiger partial charge in [0.2, 0.25) is 0 Å². The molecule has 3 rings (SSSR count). The van der Waals surface area contributed by atoms with Gasteiger partial charge in [-0.25, -0.2) is 9.97 Å². The third kappa shape index (κ3) is 3.22. The number of likely N-dealkylation sites (tertiary alicyclic amines) is 1. The summed E-state index contributed by atoms with van der Waals surface area (Å²) < 4.78 is 2.21. The van der Waals surface area contributed by atoms with Crippen molar-refractivity contribution in [3.63, 3.8) is 0 Å². The van der Waals surface area contributed by atoms with Crippen molar-refractivity contribution < 1.29 is 0 Å². The predicted octanol–water partition coefficient (Wildman–Crippen LogP) is 3.46. The molecule has 0 radical (unpaired) electrons. The maximum Gasteiger partial charge on any atom is 0.160 e. The molecule has 1 fully saturated rings. The van der Waals surface area contributed by atoms with Gasteiger partial charge in [0.25, 0.3) is 0 Å². The van der Waals surface area contributed by atoms with Gasteiger partial charge in [-0.1, -0.05) is 0 Å². The lowest BCUT2D eigenvalue weighted by Gasteiger charge is -2.29. The van der Waals surface area contributed by atoms with Crippen LogP contribution in [0.3, 0.4) is 0 Å². The standard InChI is InChI=1S/C16H23ClN4/c1-12(17)15-19-14-4-3-8-18-16(14)21(15)11-7-13-5-9-20(2)10-6-13/h3-4,8,12-13H,5-7,9-11H2,1-2H3. The molecular weight excluding hydrogens is 284 g/mol. The summed E-state index contributed by atoms with van der Waals surface area (Å²) in [5.74, 6) is 1.75.